The number of para-hydroxylation sites is 2. The summed E-state index contributed by atoms with van der Waals surface area (Å²) in [5.41, 5.74) is 2.59. The van der Waals surface area contributed by atoms with E-state index in [-0.39, 0.29) is 4.32 Å². The molecule has 0 aliphatic carbocycles. The molecular weight excluding hydrogens is 450 g/mol. The fourth-order valence-corrected chi connectivity index (χ4v) is 4.62. The number of rotatable bonds is 7. The van der Waals surface area contributed by atoms with Gasteiger partial charge in [0.25, 0.3) is 5.91 Å². The van der Waals surface area contributed by atoms with Crippen molar-refractivity contribution in [1.29, 1.82) is 0 Å². The Morgan fingerprint density at radius 2 is 1.88 bits per heavy atom. The van der Waals surface area contributed by atoms with Crippen LogP contribution in [0.15, 0.2) is 47.4 Å². The fraction of sp³-hybridized carbons (Fsp3) is 0.182. The number of imidazole rings is 1. The molecule has 3 aromatic rings. The van der Waals surface area contributed by atoms with Crippen molar-refractivity contribution in [2.24, 2.45) is 0 Å². The Bertz CT molecular complexity index is 1250. The second kappa shape index (κ2) is 9.01. The van der Waals surface area contributed by atoms with Crippen molar-refractivity contribution in [3.63, 3.8) is 0 Å². The van der Waals surface area contributed by atoms with Crippen molar-refractivity contribution >= 4 is 57.3 Å². The predicted octanol–water partition coefficient (Wildman–Crippen LogP) is 3.39. The summed E-state index contributed by atoms with van der Waals surface area (Å²) in [6.07, 6.45) is 1.65. The largest absolute Gasteiger partial charge is 0.497 e. The van der Waals surface area contributed by atoms with Crippen LogP contribution in [0.3, 0.4) is 0 Å². The van der Waals surface area contributed by atoms with Crippen LogP contribution in [0.2, 0.25) is 0 Å². The maximum atomic E-state index is 12.7. The van der Waals surface area contributed by atoms with Gasteiger partial charge in [-0.15, -0.1) is 0 Å². The van der Waals surface area contributed by atoms with Gasteiger partial charge in [0.15, 0.2) is 0 Å². The van der Waals surface area contributed by atoms with Crippen LogP contribution in [-0.4, -0.2) is 56.5 Å². The highest BCUT2D eigenvalue weighted by atomic mass is 32.2. The van der Waals surface area contributed by atoms with Gasteiger partial charge in [-0.05, 0) is 29.8 Å². The summed E-state index contributed by atoms with van der Waals surface area (Å²) in [4.78, 5) is 29.9. The molecule has 2 heterocycles. The number of carbonyl (C=O) groups is 2. The number of amides is 1. The number of carbonyl (C=O) groups excluding carboxylic acids is 1. The van der Waals surface area contributed by atoms with Crippen molar-refractivity contribution in [1.82, 2.24) is 14.5 Å². The minimum absolute atomic E-state index is 0.212. The molecule has 1 aromatic heterocycles. The standard InChI is InChI=1S/C22H19N3O5S2/c1-29-14-7-13(8-15(9-14)30-2)11-24-17-6-4-3-5-16(17)23-19(24)10-18-21(28)25(12-20(26)27)22(31)32-18/h3-10H,11-12H2,1-2H3,(H,26,27)/b18-10-. The molecule has 2 aromatic carbocycles. The molecule has 4 rings (SSSR count). The number of nitrogens with zero attached hydrogens (tertiary/aromatic N) is 3. The van der Waals surface area contributed by atoms with Crippen LogP contribution in [0.5, 0.6) is 11.5 Å². The van der Waals surface area contributed by atoms with E-state index in [4.69, 9.17) is 26.8 Å². The van der Waals surface area contributed by atoms with Crippen LogP contribution in [-0.2, 0) is 16.1 Å². The maximum absolute atomic E-state index is 12.7. The highest BCUT2D eigenvalue weighted by Crippen LogP contribution is 2.33. The number of thioether (sulfide) groups is 1. The summed E-state index contributed by atoms with van der Waals surface area (Å²) in [6, 6.07) is 13.3. The molecule has 0 bridgehead atoms. The van der Waals surface area contributed by atoms with Gasteiger partial charge < -0.3 is 19.1 Å². The van der Waals surface area contributed by atoms with Crippen LogP contribution < -0.4 is 9.47 Å². The van der Waals surface area contributed by atoms with Gasteiger partial charge in [-0.25, -0.2) is 4.98 Å². The Labute approximate surface area is 193 Å². The zero-order valence-electron chi connectivity index (χ0n) is 17.3. The molecule has 0 radical (unpaired) electrons. The monoisotopic (exact) mass is 469 g/mol. The van der Waals surface area contributed by atoms with Gasteiger partial charge in [-0.1, -0.05) is 36.1 Å². The topological polar surface area (TPSA) is 93.9 Å². The molecule has 1 N–H and O–H groups in total. The van der Waals surface area contributed by atoms with Gasteiger partial charge in [0.05, 0.1) is 30.2 Å². The lowest BCUT2D eigenvalue weighted by molar-refractivity contribution is -0.140. The summed E-state index contributed by atoms with van der Waals surface area (Å²) in [5, 5.41) is 9.06. The molecule has 10 heteroatoms. The number of hydrogen-bond donors (Lipinski definition) is 1. The summed E-state index contributed by atoms with van der Waals surface area (Å²) >= 11 is 6.26. The highest BCUT2D eigenvalue weighted by Gasteiger charge is 2.33. The van der Waals surface area contributed by atoms with Gasteiger partial charge in [-0.2, -0.15) is 0 Å². The molecule has 1 aliphatic rings. The normalized spacial score (nSPS) is 15.1. The van der Waals surface area contributed by atoms with E-state index in [0.29, 0.717) is 28.8 Å². The summed E-state index contributed by atoms with van der Waals surface area (Å²) in [5.74, 6) is 0.328. The Morgan fingerprint density at radius 1 is 1.19 bits per heavy atom. The lowest BCUT2D eigenvalue weighted by Gasteiger charge is -2.12. The van der Waals surface area contributed by atoms with Crippen LogP contribution >= 0.6 is 24.0 Å². The second-order valence-corrected chi connectivity index (χ2v) is 8.60. The Balaban J connectivity index is 1.77. The minimum Gasteiger partial charge on any atom is -0.497 e. The molecule has 1 saturated heterocycles. The number of aliphatic carboxylic acids is 1. The zero-order valence-corrected chi connectivity index (χ0v) is 18.9. The summed E-state index contributed by atoms with van der Waals surface area (Å²) in [7, 11) is 3.19. The van der Waals surface area contributed by atoms with Crippen LogP contribution in [0, 0.1) is 0 Å². The molecule has 1 aliphatic heterocycles. The van der Waals surface area contributed by atoms with Crippen molar-refractivity contribution in [2.75, 3.05) is 20.8 Å². The average molecular weight is 470 g/mol. The molecule has 8 nitrogen and oxygen atoms in total. The average Bonchev–Trinajstić information content (AvgIpc) is 3.25. The number of carboxylic acids is 1. The maximum Gasteiger partial charge on any atom is 0.323 e. The van der Waals surface area contributed by atoms with Crippen molar-refractivity contribution in [3.05, 3.63) is 58.8 Å². The van der Waals surface area contributed by atoms with E-state index < -0.39 is 18.4 Å². The third-order valence-corrected chi connectivity index (χ3v) is 6.24. The van der Waals surface area contributed by atoms with Crippen LogP contribution in [0.1, 0.15) is 11.4 Å². The lowest BCUT2D eigenvalue weighted by Crippen LogP contribution is -2.33. The number of carboxylic acid groups (broad SMARTS) is 1. The Hall–Kier alpha value is -3.37. The van der Waals surface area contributed by atoms with E-state index in [0.717, 1.165) is 33.3 Å². The predicted molar refractivity (Wildman–Crippen MR) is 126 cm³/mol. The first-order chi connectivity index (χ1) is 15.4. The highest BCUT2D eigenvalue weighted by molar-refractivity contribution is 8.26. The smallest absolute Gasteiger partial charge is 0.323 e. The van der Waals surface area contributed by atoms with E-state index in [1.807, 2.05) is 41.0 Å². The van der Waals surface area contributed by atoms with Crippen LogP contribution in [0.25, 0.3) is 17.1 Å². The molecule has 0 unspecified atom stereocenters. The number of thiocarbonyl (C=S) groups is 1. The van der Waals surface area contributed by atoms with E-state index >= 15 is 0 Å². The van der Waals surface area contributed by atoms with Gasteiger partial charge in [0.2, 0.25) is 0 Å². The molecule has 0 spiro atoms. The third kappa shape index (κ3) is 4.32. The molecule has 32 heavy (non-hydrogen) atoms. The lowest BCUT2D eigenvalue weighted by atomic mass is 10.2. The number of methoxy groups -OCH3 is 2. The number of benzene rings is 2. The van der Waals surface area contributed by atoms with Gasteiger partial charge >= 0.3 is 5.97 Å². The molecule has 1 fully saturated rings. The van der Waals surface area contributed by atoms with Crippen molar-refractivity contribution in [2.45, 2.75) is 6.54 Å². The summed E-state index contributed by atoms with van der Waals surface area (Å²) < 4.78 is 12.9. The van der Waals surface area contributed by atoms with Gasteiger partial charge in [0.1, 0.15) is 28.2 Å². The van der Waals surface area contributed by atoms with Gasteiger partial charge in [-0.3, -0.25) is 14.5 Å². The van der Waals surface area contributed by atoms with E-state index in [1.54, 1.807) is 26.4 Å². The number of aromatic nitrogens is 2. The molecule has 164 valence electrons. The Morgan fingerprint density at radius 3 is 2.53 bits per heavy atom. The van der Waals surface area contributed by atoms with Crippen molar-refractivity contribution < 1.29 is 24.2 Å². The minimum atomic E-state index is -1.12. The number of fused-ring (bicyclic) bond motifs is 1. The number of hydrogen-bond acceptors (Lipinski definition) is 7. The molecule has 0 atom stereocenters. The summed E-state index contributed by atoms with van der Waals surface area (Å²) in [6.45, 7) is -0.0165. The van der Waals surface area contributed by atoms with E-state index in [1.165, 1.54) is 0 Å². The van der Waals surface area contributed by atoms with Crippen LogP contribution in [0.4, 0.5) is 0 Å². The zero-order chi connectivity index (χ0) is 22.8. The Kier molecular flexibility index (Phi) is 6.15. The second-order valence-electron chi connectivity index (χ2n) is 6.93. The van der Waals surface area contributed by atoms with Crippen molar-refractivity contribution in [3.8, 4) is 11.5 Å². The van der Waals surface area contributed by atoms with E-state index in [9.17, 15) is 9.59 Å². The third-order valence-electron chi connectivity index (χ3n) is 4.86. The fourth-order valence-electron chi connectivity index (χ4n) is 3.40. The molecule has 0 saturated carbocycles. The first kappa shape index (κ1) is 21.8. The SMILES string of the molecule is COc1cc(Cn2c(/C=C3\SC(=S)N(CC(=O)O)C3=O)nc3ccccc32)cc(OC)c1. The van der Waals surface area contributed by atoms with Gasteiger partial charge in [0, 0.05) is 18.7 Å². The molecular formula is C22H19N3O5S2. The first-order valence-corrected chi connectivity index (χ1v) is 10.8. The number of ether oxygens (including phenoxy) is 2. The first-order valence-electron chi connectivity index (χ1n) is 9.54. The van der Waals surface area contributed by atoms with E-state index in [2.05, 4.69) is 4.98 Å². The molecule has 1 amide bonds. The quantitative estimate of drug-likeness (QED) is 0.416.